The minimum absolute atomic E-state index is 0.238. The Bertz CT molecular complexity index is 619. The molecule has 0 spiro atoms. The average molecular weight is 303 g/mol. The largest absolute Gasteiger partial charge is 0.389 e. The summed E-state index contributed by atoms with van der Waals surface area (Å²) in [6.45, 7) is 1.79. The fourth-order valence-electron chi connectivity index (χ4n) is 1.62. The molecule has 19 heavy (non-hydrogen) atoms. The van der Waals surface area contributed by atoms with Crippen LogP contribution in [0.25, 0.3) is 5.82 Å². The predicted molar refractivity (Wildman–Crippen MR) is 72.8 cm³/mol. The summed E-state index contributed by atoms with van der Waals surface area (Å²) in [5.74, 6) is -2.04. The van der Waals surface area contributed by atoms with E-state index in [-0.39, 0.29) is 4.99 Å². The maximum Gasteiger partial charge on any atom is 0.290 e. The molecule has 5 nitrogen and oxygen atoms in total. The summed E-state index contributed by atoms with van der Waals surface area (Å²) in [4.78, 5) is 0.238. The molecule has 2 rings (SSSR count). The zero-order valence-electron chi connectivity index (χ0n) is 10.2. The lowest BCUT2D eigenvalue weighted by molar-refractivity contribution is 0.251. The topological polar surface area (TPSA) is 61.7 Å². The molecular formula is C10H11F2N5S2. The van der Waals surface area contributed by atoms with Crippen LogP contribution >= 0.6 is 24.0 Å². The lowest BCUT2D eigenvalue weighted by Crippen LogP contribution is -2.11. The van der Waals surface area contributed by atoms with Crippen molar-refractivity contribution in [1.82, 2.24) is 19.6 Å². The van der Waals surface area contributed by atoms with Crippen molar-refractivity contribution in [2.45, 2.75) is 17.7 Å². The first-order valence-electron chi connectivity index (χ1n) is 5.23. The second-order valence-electron chi connectivity index (χ2n) is 3.76. The molecule has 9 heteroatoms. The molecule has 0 saturated carbocycles. The average Bonchev–Trinajstić information content (AvgIpc) is 2.82. The number of rotatable bonds is 4. The first-order chi connectivity index (χ1) is 8.90. The van der Waals surface area contributed by atoms with Crippen molar-refractivity contribution in [3.8, 4) is 5.82 Å². The zero-order chi connectivity index (χ0) is 14.2. The maximum atomic E-state index is 12.4. The van der Waals surface area contributed by atoms with Crippen molar-refractivity contribution in [2.24, 2.45) is 12.8 Å². The number of thioether (sulfide) groups is 1. The van der Waals surface area contributed by atoms with E-state index in [1.165, 1.54) is 15.6 Å². The molecule has 2 heterocycles. The maximum absolute atomic E-state index is 12.4. The van der Waals surface area contributed by atoms with Gasteiger partial charge in [0.15, 0.2) is 5.82 Å². The normalized spacial score (nSPS) is 11.2. The summed E-state index contributed by atoms with van der Waals surface area (Å²) < 4.78 is 27.6. The molecule has 0 saturated heterocycles. The van der Waals surface area contributed by atoms with Gasteiger partial charge in [-0.1, -0.05) is 12.2 Å². The summed E-state index contributed by atoms with van der Waals surface area (Å²) in [6, 6.07) is 1.54. The van der Waals surface area contributed by atoms with E-state index in [0.717, 1.165) is 5.69 Å². The zero-order valence-corrected chi connectivity index (χ0v) is 11.8. The molecule has 2 aromatic rings. The standard InChI is InChI=1S/C10H11F2N5S2/c1-5-6(9(13)18)4-14-17(5)7-3-8(16(2)15-7)19-10(11)12/h3-4,10H,1-2H3,(H2,13,18). The van der Waals surface area contributed by atoms with E-state index in [1.54, 1.807) is 20.0 Å². The number of nitrogens with two attached hydrogens (primary N) is 1. The van der Waals surface area contributed by atoms with Gasteiger partial charge in [0.1, 0.15) is 10.0 Å². The smallest absolute Gasteiger partial charge is 0.290 e. The molecule has 0 aliphatic heterocycles. The van der Waals surface area contributed by atoms with Crippen LogP contribution in [0.1, 0.15) is 11.3 Å². The summed E-state index contributed by atoms with van der Waals surface area (Å²) >= 11 is 5.33. The van der Waals surface area contributed by atoms with Gasteiger partial charge < -0.3 is 5.73 Å². The highest BCUT2D eigenvalue weighted by Crippen LogP contribution is 2.26. The molecule has 0 aliphatic carbocycles. The minimum Gasteiger partial charge on any atom is -0.389 e. The van der Waals surface area contributed by atoms with E-state index < -0.39 is 5.76 Å². The lowest BCUT2D eigenvalue weighted by Gasteiger charge is -2.00. The number of thiocarbonyl (C=S) groups is 1. The van der Waals surface area contributed by atoms with E-state index in [2.05, 4.69) is 10.2 Å². The highest BCUT2D eigenvalue weighted by Gasteiger charge is 2.16. The van der Waals surface area contributed by atoms with Crippen LogP contribution in [0, 0.1) is 6.92 Å². The first kappa shape index (κ1) is 13.9. The number of hydrogen-bond acceptors (Lipinski definition) is 4. The van der Waals surface area contributed by atoms with Gasteiger partial charge in [-0.3, -0.25) is 4.68 Å². The Balaban J connectivity index is 2.40. The van der Waals surface area contributed by atoms with Gasteiger partial charge in [0.05, 0.1) is 17.5 Å². The van der Waals surface area contributed by atoms with Crippen molar-refractivity contribution in [3.05, 3.63) is 23.5 Å². The van der Waals surface area contributed by atoms with E-state index in [9.17, 15) is 8.78 Å². The van der Waals surface area contributed by atoms with Gasteiger partial charge in [-0.05, 0) is 18.7 Å². The molecule has 0 amide bonds. The number of aryl methyl sites for hydroxylation is 1. The van der Waals surface area contributed by atoms with Gasteiger partial charge in [-0.2, -0.15) is 19.0 Å². The second-order valence-corrected chi connectivity index (χ2v) is 5.21. The van der Waals surface area contributed by atoms with Crippen molar-refractivity contribution in [2.75, 3.05) is 0 Å². The Morgan fingerprint density at radius 2 is 2.21 bits per heavy atom. The summed E-state index contributed by atoms with van der Waals surface area (Å²) in [5, 5.41) is 8.62. The monoisotopic (exact) mass is 303 g/mol. The molecule has 0 unspecified atom stereocenters. The van der Waals surface area contributed by atoms with Crippen molar-refractivity contribution in [1.29, 1.82) is 0 Å². The van der Waals surface area contributed by atoms with E-state index in [0.29, 0.717) is 28.2 Å². The Morgan fingerprint density at radius 3 is 2.74 bits per heavy atom. The molecule has 0 aliphatic rings. The number of halogens is 2. The number of aromatic nitrogens is 4. The molecule has 0 aromatic carbocycles. The van der Waals surface area contributed by atoms with Crippen molar-refractivity contribution in [3.63, 3.8) is 0 Å². The molecule has 0 atom stereocenters. The highest BCUT2D eigenvalue weighted by molar-refractivity contribution is 7.99. The quantitative estimate of drug-likeness (QED) is 0.690. The van der Waals surface area contributed by atoms with Gasteiger partial charge in [-0.15, -0.1) is 0 Å². The molecule has 2 N–H and O–H groups in total. The fourth-order valence-corrected chi connectivity index (χ4v) is 2.37. The molecule has 0 bridgehead atoms. The fraction of sp³-hybridized carbons (Fsp3) is 0.300. The van der Waals surface area contributed by atoms with Crippen LogP contribution in [0.3, 0.4) is 0 Å². The predicted octanol–water partition coefficient (Wildman–Crippen LogP) is 1.86. The third kappa shape index (κ3) is 2.76. The SMILES string of the molecule is Cc1c(C(N)=S)cnn1-c1cc(SC(F)F)n(C)n1. The number of hydrogen-bond donors (Lipinski definition) is 1. The third-order valence-electron chi connectivity index (χ3n) is 2.53. The van der Waals surface area contributed by atoms with Crippen LogP contribution < -0.4 is 5.73 Å². The van der Waals surface area contributed by atoms with E-state index in [4.69, 9.17) is 18.0 Å². The second kappa shape index (κ2) is 5.25. The summed E-state index contributed by atoms with van der Waals surface area (Å²) in [7, 11) is 1.60. The van der Waals surface area contributed by atoms with Crippen LogP contribution in [0.4, 0.5) is 8.78 Å². The van der Waals surface area contributed by atoms with Gasteiger partial charge in [0.25, 0.3) is 5.76 Å². The Kier molecular flexibility index (Phi) is 3.85. The van der Waals surface area contributed by atoms with Gasteiger partial charge in [0, 0.05) is 13.1 Å². The Hall–Kier alpha value is -1.48. The number of nitrogens with zero attached hydrogens (tertiary/aromatic N) is 4. The van der Waals surface area contributed by atoms with Crippen molar-refractivity contribution >= 4 is 29.0 Å². The van der Waals surface area contributed by atoms with Crippen LogP contribution in [-0.2, 0) is 7.05 Å². The lowest BCUT2D eigenvalue weighted by atomic mass is 10.3. The van der Waals surface area contributed by atoms with Crippen LogP contribution in [-0.4, -0.2) is 30.3 Å². The van der Waals surface area contributed by atoms with Gasteiger partial charge >= 0.3 is 0 Å². The van der Waals surface area contributed by atoms with Crippen LogP contribution in [0.15, 0.2) is 17.3 Å². The molecule has 0 fully saturated rings. The van der Waals surface area contributed by atoms with Crippen LogP contribution in [0.5, 0.6) is 0 Å². The van der Waals surface area contributed by atoms with Crippen LogP contribution in [0.2, 0.25) is 0 Å². The minimum atomic E-state index is -2.49. The summed E-state index contributed by atoms with van der Waals surface area (Å²) in [5.41, 5.74) is 6.92. The molecule has 2 aromatic heterocycles. The van der Waals surface area contributed by atoms with Crippen molar-refractivity contribution < 1.29 is 8.78 Å². The number of alkyl halides is 2. The van der Waals surface area contributed by atoms with Gasteiger partial charge in [0.2, 0.25) is 0 Å². The molecule has 0 radical (unpaired) electrons. The molecule has 102 valence electrons. The van der Waals surface area contributed by atoms with E-state index >= 15 is 0 Å². The molecular weight excluding hydrogens is 292 g/mol. The first-order valence-corrected chi connectivity index (χ1v) is 6.52. The van der Waals surface area contributed by atoms with E-state index in [1.807, 2.05) is 0 Å². The third-order valence-corrected chi connectivity index (χ3v) is 3.55. The van der Waals surface area contributed by atoms with Gasteiger partial charge in [-0.25, -0.2) is 4.68 Å². The highest BCUT2D eigenvalue weighted by atomic mass is 32.2. The summed E-state index contributed by atoms with van der Waals surface area (Å²) in [6.07, 6.45) is 1.53. The Morgan fingerprint density at radius 1 is 1.53 bits per heavy atom. The Labute approximate surface area is 117 Å².